The molecule has 0 aliphatic carbocycles. The number of nitrogens with one attached hydrogen (secondary N) is 1. The van der Waals surface area contributed by atoms with E-state index in [0.717, 1.165) is 35.5 Å². The molecule has 3 aromatic rings. The van der Waals surface area contributed by atoms with Gasteiger partial charge in [-0.05, 0) is 36.2 Å². The quantitative estimate of drug-likeness (QED) is 0.769. The summed E-state index contributed by atoms with van der Waals surface area (Å²) in [5, 5.41) is 4.36. The van der Waals surface area contributed by atoms with E-state index >= 15 is 0 Å². The van der Waals surface area contributed by atoms with Gasteiger partial charge < -0.3 is 14.5 Å². The van der Waals surface area contributed by atoms with Crippen LogP contribution in [0, 0.1) is 0 Å². The summed E-state index contributed by atoms with van der Waals surface area (Å²) >= 11 is 0. The molecule has 0 fully saturated rings. The smallest absolute Gasteiger partial charge is 0.139 e. The van der Waals surface area contributed by atoms with Gasteiger partial charge >= 0.3 is 0 Å². The highest BCUT2D eigenvalue weighted by Crippen LogP contribution is 2.21. The molecule has 1 aromatic carbocycles. The van der Waals surface area contributed by atoms with Gasteiger partial charge in [-0.15, -0.1) is 0 Å². The molecule has 0 atom stereocenters. The Hall–Kier alpha value is -2.49. The van der Waals surface area contributed by atoms with Crippen molar-refractivity contribution >= 4 is 16.8 Å². The molecule has 0 amide bonds. The number of ether oxygens (including phenoxy) is 1. The zero-order chi connectivity index (χ0) is 13.8. The van der Waals surface area contributed by atoms with Crippen LogP contribution < -0.4 is 10.1 Å². The second-order valence-corrected chi connectivity index (χ2v) is 4.52. The van der Waals surface area contributed by atoms with Gasteiger partial charge in [0.15, 0.2) is 0 Å². The van der Waals surface area contributed by atoms with E-state index in [0.29, 0.717) is 0 Å². The normalized spacial score (nSPS) is 10.7. The van der Waals surface area contributed by atoms with E-state index in [9.17, 15) is 0 Å². The highest BCUT2D eigenvalue weighted by molar-refractivity contribution is 5.87. The second kappa shape index (κ2) is 5.65. The zero-order valence-electron chi connectivity index (χ0n) is 11.3. The molecule has 1 N–H and O–H groups in total. The molecule has 0 bridgehead atoms. The predicted molar refractivity (Wildman–Crippen MR) is 79.2 cm³/mol. The number of fused-ring (bicyclic) bond motifs is 1. The molecule has 0 spiro atoms. The van der Waals surface area contributed by atoms with Crippen molar-refractivity contribution in [2.75, 3.05) is 19.0 Å². The maximum absolute atomic E-state index is 5.36. The van der Waals surface area contributed by atoms with E-state index in [4.69, 9.17) is 9.15 Å². The van der Waals surface area contributed by atoms with Crippen molar-refractivity contribution in [2.24, 2.45) is 0 Å². The number of rotatable bonds is 5. The summed E-state index contributed by atoms with van der Waals surface area (Å²) in [6.45, 7) is 0.810. The minimum atomic E-state index is 0.810. The van der Waals surface area contributed by atoms with Crippen molar-refractivity contribution in [3.05, 3.63) is 54.4 Å². The molecule has 0 saturated carbocycles. The van der Waals surface area contributed by atoms with Gasteiger partial charge in [0, 0.05) is 12.7 Å². The van der Waals surface area contributed by atoms with E-state index in [1.165, 1.54) is 5.56 Å². The third-order valence-corrected chi connectivity index (χ3v) is 3.22. The molecule has 3 rings (SSSR count). The minimum absolute atomic E-state index is 0.810. The average molecular weight is 268 g/mol. The number of hydrogen-bond donors (Lipinski definition) is 1. The molecule has 2 heterocycles. The Morgan fingerprint density at radius 2 is 2.20 bits per heavy atom. The SMILES string of the molecule is COc1cccc(CCNc2nccc3occc23)c1. The summed E-state index contributed by atoms with van der Waals surface area (Å²) in [4.78, 5) is 4.35. The van der Waals surface area contributed by atoms with E-state index in [2.05, 4.69) is 16.4 Å². The summed E-state index contributed by atoms with van der Waals surface area (Å²) in [6, 6.07) is 11.9. The Labute approximate surface area is 117 Å². The van der Waals surface area contributed by atoms with Crippen LogP contribution in [-0.4, -0.2) is 18.6 Å². The molecule has 0 radical (unpaired) electrons. The summed E-state index contributed by atoms with van der Waals surface area (Å²) < 4.78 is 10.6. The fourth-order valence-electron chi connectivity index (χ4n) is 2.19. The summed E-state index contributed by atoms with van der Waals surface area (Å²) in [5.41, 5.74) is 2.08. The first-order chi connectivity index (χ1) is 9.86. The van der Waals surface area contributed by atoms with Gasteiger partial charge in [0.05, 0.1) is 18.8 Å². The Kier molecular flexibility index (Phi) is 3.54. The summed E-state index contributed by atoms with van der Waals surface area (Å²) in [5.74, 6) is 1.75. The number of aromatic nitrogens is 1. The molecule has 4 nitrogen and oxygen atoms in total. The Morgan fingerprint density at radius 1 is 1.25 bits per heavy atom. The van der Waals surface area contributed by atoms with Crippen LogP contribution in [0.15, 0.2) is 53.3 Å². The molecule has 0 saturated heterocycles. The molecule has 2 aromatic heterocycles. The van der Waals surface area contributed by atoms with Crippen LogP contribution in [0.1, 0.15) is 5.56 Å². The van der Waals surface area contributed by atoms with E-state index in [-0.39, 0.29) is 0 Å². The zero-order valence-corrected chi connectivity index (χ0v) is 11.3. The average Bonchev–Trinajstić information content (AvgIpc) is 2.97. The van der Waals surface area contributed by atoms with Crippen molar-refractivity contribution in [1.82, 2.24) is 4.98 Å². The Bertz CT molecular complexity index is 706. The van der Waals surface area contributed by atoms with Gasteiger partial charge in [-0.3, -0.25) is 0 Å². The summed E-state index contributed by atoms with van der Waals surface area (Å²) in [7, 11) is 1.68. The fourth-order valence-corrected chi connectivity index (χ4v) is 2.19. The molecule has 0 unspecified atom stereocenters. The van der Waals surface area contributed by atoms with Crippen molar-refractivity contribution < 1.29 is 9.15 Å². The van der Waals surface area contributed by atoms with Gasteiger partial charge in [0.1, 0.15) is 17.2 Å². The van der Waals surface area contributed by atoms with E-state index in [1.54, 1.807) is 19.6 Å². The maximum Gasteiger partial charge on any atom is 0.139 e. The highest BCUT2D eigenvalue weighted by atomic mass is 16.5. The van der Waals surface area contributed by atoms with Crippen LogP contribution in [-0.2, 0) is 6.42 Å². The number of pyridine rings is 1. The molecule has 102 valence electrons. The van der Waals surface area contributed by atoms with Gasteiger partial charge in [0.2, 0.25) is 0 Å². The minimum Gasteiger partial charge on any atom is -0.497 e. The van der Waals surface area contributed by atoms with Crippen LogP contribution in [0.5, 0.6) is 5.75 Å². The standard InChI is InChI=1S/C16H16N2O2/c1-19-13-4-2-3-12(11-13)5-8-17-16-14-7-10-20-15(14)6-9-18-16/h2-4,6-7,9-11H,5,8H2,1H3,(H,17,18). The van der Waals surface area contributed by atoms with Gasteiger partial charge in [0.25, 0.3) is 0 Å². The van der Waals surface area contributed by atoms with Crippen LogP contribution in [0.4, 0.5) is 5.82 Å². The lowest BCUT2D eigenvalue weighted by atomic mass is 10.1. The Balaban J connectivity index is 1.66. The Morgan fingerprint density at radius 3 is 3.10 bits per heavy atom. The monoisotopic (exact) mass is 268 g/mol. The second-order valence-electron chi connectivity index (χ2n) is 4.52. The summed E-state index contributed by atoms with van der Waals surface area (Å²) in [6.07, 6.45) is 4.34. The first-order valence-electron chi connectivity index (χ1n) is 6.56. The van der Waals surface area contributed by atoms with Crippen LogP contribution in [0.2, 0.25) is 0 Å². The van der Waals surface area contributed by atoms with Gasteiger partial charge in [-0.1, -0.05) is 12.1 Å². The highest BCUT2D eigenvalue weighted by Gasteiger charge is 2.04. The van der Waals surface area contributed by atoms with Gasteiger partial charge in [-0.25, -0.2) is 4.98 Å². The fraction of sp³-hybridized carbons (Fsp3) is 0.188. The maximum atomic E-state index is 5.36. The van der Waals surface area contributed by atoms with Crippen LogP contribution in [0.25, 0.3) is 11.0 Å². The molecule has 20 heavy (non-hydrogen) atoms. The van der Waals surface area contributed by atoms with Crippen LogP contribution in [0.3, 0.4) is 0 Å². The third kappa shape index (κ3) is 2.59. The van der Waals surface area contributed by atoms with E-state index in [1.807, 2.05) is 30.3 Å². The number of anilines is 1. The lowest BCUT2D eigenvalue weighted by Crippen LogP contribution is -2.06. The molecule has 0 aliphatic rings. The van der Waals surface area contributed by atoms with Gasteiger partial charge in [-0.2, -0.15) is 0 Å². The number of methoxy groups -OCH3 is 1. The van der Waals surface area contributed by atoms with Crippen molar-refractivity contribution in [2.45, 2.75) is 6.42 Å². The van der Waals surface area contributed by atoms with Crippen molar-refractivity contribution in [3.63, 3.8) is 0 Å². The molecular weight excluding hydrogens is 252 g/mol. The number of nitrogens with zero attached hydrogens (tertiary/aromatic N) is 1. The molecule has 0 aliphatic heterocycles. The first kappa shape index (κ1) is 12.5. The van der Waals surface area contributed by atoms with E-state index < -0.39 is 0 Å². The predicted octanol–water partition coefficient (Wildman–Crippen LogP) is 3.49. The van der Waals surface area contributed by atoms with Crippen LogP contribution >= 0.6 is 0 Å². The topological polar surface area (TPSA) is 47.3 Å². The lowest BCUT2D eigenvalue weighted by Gasteiger charge is -2.07. The molecule has 4 heteroatoms. The first-order valence-corrected chi connectivity index (χ1v) is 6.56. The largest absolute Gasteiger partial charge is 0.497 e. The number of benzene rings is 1. The van der Waals surface area contributed by atoms with Crippen molar-refractivity contribution in [3.8, 4) is 5.75 Å². The number of hydrogen-bond acceptors (Lipinski definition) is 4. The van der Waals surface area contributed by atoms with Crippen molar-refractivity contribution in [1.29, 1.82) is 0 Å². The third-order valence-electron chi connectivity index (χ3n) is 3.22. The number of furan rings is 1. The lowest BCUT2D eigenvalue weighted by molar-refractivity contribution is 0.414. The molecular formula is C16H16N2O2.